The average molecular weight is 486 g/mol. The maximum absolute atomic E-state index is 15.2. The number of piperazine rings is 1. The van der Waals surface area contributed by atoms with Crippen LogP contribution in [-0.4, -0.2) is 56.1 Å². The summed E-state index contributed by atoms with van der Waals surface area (Å²) in [5, 5.41) is 14.6. The lowest BCUT2D eigenvalue weighted by Crippen LogP contribution is -2.43. The molecule has 6 rings (SSSR count). The Labute approximate surface area is 206 Å². The van der Waals surface area contributed by atoms with Crippen LogP contribution in [0.5, 0.6) is 11.5 Å². The van der Waals surface area contributed by atoms with Crippen LogP contribution in [-0.2, 0) is 7.05 Å². The average Bonchev–Trinajstić information content (AvgIpc) is 3.27. The zero-order valence-corrected chi connectivity index (χ0v) is 19.9. The summed E-state index contributed by atoms with van der Waals surface area (Å²) < 4.78 is 22.9. The summed E-state index contributed by atoms with van der Waals surface area (Å²) in [6.07, 6.45) is 1.45. The Morgan fingerprint density at radius 2 is 1.89 bits per heavy atom. The SMILES string of the molecule is Cc1cc(Nc2ncnc3ccc(N4CCNCC4)nc23)c(F)cc1Oc1ccc2c(c1)nnn2C. The number of ether oxygens (including phenoxy) is 1. The molecule has 10 nitrogen and oxygen atoms in total. The largest absolute Gasteiger partial charge is 0.457 e. The number of rotatable bonds is 5. The number of anilines is 3. The molecule has 0 amide bonds. The van der Waals surface area contributed by atoms with Crippen molar-refractivity contribution in [2.24, 2.45) is 7.05 Å². The predicted molar refractivity (Wildman–Crippen MR) is 135 cm³/mol. The zero-order chi connectivity index (χ0) is 24.6. The third-order valence-electron chi connectivity index (χ3n) is 6.24. The Balaban J connectivity index is 1.28. The molecule has 0 bridgehead atoms. The number of fused-ring (bicyclic) bond motifs is 2. The zero-order valence-electron chi connectivity index (χ0n) is 19.9. The molecular weight excluding hydrogens is 461 g/mol. The Morgan fingerprint density at radius 1 is 1.03 bits per heavy atom. The van der Waals surface area contributed by atoms with Crippen LogP contribution in [0.3, 0.4) is 0 Å². The van der Waals surface area contributed by atoms with E-state index in [1.54, 1.807) is 16.8 Å². The van der Waals surface area contributed by atoms with Crippen molar-refractivity contribution in [2.75, 3.05) is 36.4 Å². The lowest BCUT2D eigenvalue weighted by molar-refractivity contribution is 0.474. The standard InChI is InChI=1S/C25H24FN9O/c1-15-11-19(17(26)13-22(15)36-16-3-5-21-20(12-16)32-33-34(21)2)30-25-24-18(28-14-29-25)4-6-23(31-24)35-9-7-27-8-10-35/h3-6,11-14,27H,7-10H2,1-2H3,(H,28,29,30). The Bertz CT molecular complexity index is 1580. The van der Waals surface area contributed by atoms with Gasteiger partial charge in [0, 0.05) is 45.4 Å². The van der Waals surface area contributed by atoms with Gasteiger partial charge in [0.05, 0.1) is 16.7 Å². The van der Waals surface area contributed by atoms with Crippen LogP contribution in [0, 0.1) is 12.7 Å². The molecule has 4 heterocycles. The van der Waals surface area contributed by atoms with Crippen molar-refractivity contribution in [1.29, 1.82) is 0 Å². The molecule has 2 N–H and O–H groups in total. The van der Waals surface area contributed by atoms with Gasteiger partial charge in [0.2, 0.25) is 0 Å². The van der Waals surface area contributed by atoms with Crippen LogP contribution >= 0.6 is 0 Å². The molecule has 11 heteroatoms. The number of nitrogens with zero attached hydrogens (tertiary/aromatic N) is 7. The van der Waals surface area contributed by atoms with E-state index in [2.05, 4.69) is 35.8 Å². The van der Waals surface area contributed by atoms with Crippen LogP contribution in [0.15, 0.2) is 48.8 Å². The van der Waals surface area contributed by atoms with Crippen LogP contribution in [0.4, 0.5) is 21.7 Å². The van der Waals surface area contributed by atoms with E-state index < -0.39 is 5.82 Å². The highest BCUT2D eigenvalue weighted by Gasteiger charge is 2.16. The van der Waals surface area contributed by atoms with Gasteiger partial charge in [-0.1, -0.05) is 5.21 Å². The fourth-order valence-corrected chi connectivity index (χ4v) is 4.30. The number of benzene rings is 2. The molecule has 0 unspecified atom stereocenters. The topological polar surface area (TPSA) is 106 Å². The highest BCUT2D eigenvalue weighted by Crippen LogP contribution is 2.33. The van der Waals surface area contributed by atoms with Crippen LogP contribution in [0.1, 0.15) is 5.56 Å². The van der Waals surface area contributed by atoms with Crippen molar-refractivity contribution < 1.29 is 9.13 Å². The fourth-order valence-electron chi connectivity index (χ4n) is 4.30. The molecule has 0 spiro atoms. The second kappa shape index (κ2) is 9.00. The Morgan fingerprint density at radius 3 is 2.75 bits per heavy atom. The third-order valence-corrected chi connectivity index (χ3v) is 6.24. The van der Waals surface area contributed by atoms with Crippen molar-refractivity contribution in [3.63, 3.8) is 0 Å². The van der Waals surface area contributed by atoms with Crippen LogP contribution < -0.4 is 20.3 Å². The molecule has 1 aliphatic heterocycles. The summed E-state index contributed by atoms with van der Waals surface area (Å²) in [6, 6.07) is 12.4. The van der Waals surface area contributed by atoms with Gasteiger partial charge in [-0.25, -0.2) is 24.0 Å². The smallest absolute Gasteiger partial charge is 0.160 e. The maximum Gasteiger partial charge on any atom is 0.160 e. The summed E-state index contributed by atoms with van der Waals surface area (Å²) >= 11 is 0. The third kappa shape index (κ3) is 4.13. The van der Waals surface area contributed by atoms with Gasteiger partial charge in [-0.15, -0.1) is 5.10 Å². The molecule has 36 heavy (non-hydrogen) atoms. The Hall–Kier alpha value is -4.38. The van der Waals surface area contributed by atoms with Gasteiger partial charge >= 0.3 is 0 Å². The quantitative estimate of drug-likeness (QED) is 0.385. The summed E-state index contributed by atoms with van der Waals surface area (Å²) in [5.41, 5.74) is 3.89. The molecule has 1 fully saturated rings. The molecule has 0 aliphatic carbocycles. The molecule has 3 aromatic heterocycles. The number of hydrogen-bond acceptors (Lipinski definition) is 9. The second-order valence-electron chi connectivity index (χ2n) is 8.68. The summed E-state index contributed by atoms with van der Waals surface area (Å²) in [7, 11) is 1.82. The van der Waals surface area contributed by atoms with Crippen molar-refractivity contribution in [3.05, 3.63) is 60.2 Å². The van der Waals surface area contributed by atoms with Crippen molar-refractivity contribution >= 4 is 39.4 Å². The highest BCUT2D eigenvalue weighted by molar-refractivity contribution is 5.88. The number of nitrogens with one attached hydrogen (secondary N) is 2. The lowest BCUT2D eigenvalue weighted by Gasteiger charge is -2.28. The van der Waals surface area contributed by atoms with E-state index >= 15 is 4.39 Å². The van der Waals surface area contributed by atoms with Gasteiger partial charge in [-0.3, -0.25) is 0 Å². The molecule has 0 radical (unpaired) electrons. The van der Waals surface area contributed by atoms with E-state index in [4.69, 9.17) is 9.72 Å². The minimum atomic E-state index is -0.471. The van der Waals surface area contributed by atoms with Crippen LogP contribution in [0.25, 0.3) is 22.1 Å². The van der Waals surface area contributed by atoms with E-state index in [9.17, 15) is 0 Å². The maximum atomic E-state index is 15.2. The van der Waals surface area contributed by atoms with Crippen molar-refractivity contribution in [3.8, 4) is 11.5 Å². The molecule has 0 saturated carbocycles. The first-order valence-electron chi connectivity index (χ1n) is 11.7. The van der Waals surface area contributed by atoms with Crippen LogP contribution in [0.2, 0.25) is 0 Å². The minimum absolute atomic E-state index is 0.276. The molecule has 5 aromatic rings. The van der Waals surface area contributed by atoms with E-state index in [1.165, 1.54) is 12.4 Å². The summed E-state index contributed by atoms with van der Waals surface area (Å²) in [4.78, 5) is 15.7. The highest BCUT2D eigenvalue weighted by atomic mass is 19.1. The minimum Gasteiger partial charge on any atom is -0.457 e. The van der Waals surface area contributed by atoms with E-state index in [1.807, 2.05) is 38.2 Å². The first kappa shape index (κ1) is 22.1. The number of aryl methyl sites for hydroxylation is 2. The van der Waals surface area contributed by atoms with Gasteiger partial charge < -0.3 is 20.3 Å². The molecule has 0 atom stereocenters. The number of halogens is 1. The molecular formula is C25H24FN9O. The monoisotopic (exact) mass is 485 g/mol. The molecule has 1 aliphatic rings. The van der Waals surface area contributed by atoms with Gasteiger partial charge in [-0.2, -0.15) is 0 Å². The first-order valence-corrected chi connectivity index (χ1v) is 11.7. The van der Waals surface area contributed by atoms with Gasteiger partial charge in [0.15, 0.2) is 5.82 Å². The van der Waals surface area contributed by atoms with E-state index in [0.717, 1.165) is 43.1 Å². The summed E-state index contributed by atoms with van der Waals surface area (Å²) in [5.74, 6) is 1.78. The summed E-state index contributed by atoms with van der Waals surface area (Å²) in [6.45, 7) is 5.41. The number of hydrogen-bond donors (Lipinski definition) is 2. The second-order valence-corrected chi connectivity index (χ2v) is 8.68. The molecule has 182 valence electrons. The van der Waals surface area contributed by atoms with Gasteiger partial charge in [0.1, 0.15) is 40.5 Å². The molecule has 1 saturated heterocycles. The molecule has 2 aromatic carbocycles. The fraction of sp³-hybridized carbons (Fsp3) is 0.240. The van der Waals surface area contributed by atoms with Crippen molar-refractivity contribution in [1.82, 2.24) is 35.3 Å². The van der Waals surface area contributed by atoms with Gasteiger partial charge in [0.25, 0.3) is 0 Å². The Kier molecular flexibility index (Phi) is 5.53. The van der Waals surface area contributed by atoms with E-state index in [-0.39, 0.29) is 5.69 Å². The predicted octanol–water partition coefficient (Wildman–Crippen LogP) is 3.70. The lowest BCUT2D eigenvalue weighted by atomic mass is 10.2. The normalized spacial score (nSPS) is 13.9. The number of pyridine rings is 1. The van der Waals surface area contributed by atoms with Gasteiger partial charge in [-0.05, 0) is 42.8 Å². The van der Waals surface area contributed by atoms with Crippen molar-refractivity contribution in [2.45, 2.75) is 6.92 Å². The van der Waals surface area contributed by atoms with E-state index in [0.29, 0.717) is 33.9 Å². The first-order chi connectivity index (χ1) is 17.5. The number of aromatic nitrogens is 6.